The van der Waals surface area contributed by atoms with E-state index in [1.807, 2.05) is 36.4 Å². The SMILES string of the molecule is CC(C(=O)N1CCN(C(c2ccccc2)c2ccccc2)CC1)(c1ccccc1)c1ccccc1. The lowest BCUT2D eigenvalue weighted by Crippen LogP contribution is -2.54. The molecule has 3 heteroatoms. The molecule has 0 aliphatic carbocycles. The molecule has 0 aromatic heterocycles. The van der Waals surface area contributed by atoms with Crippen LogP contribution in [-0.4, -0.2) is 41.9 Å². The lowest BCUT2D eigenvalue weighted by Gasteiger charge is -2.43. The third-order valence-corrected chi connectivity index (χ3v) is 7.33. The van der Waals surface area contributed by atoms with Crippen molar-refractivity contribution in [1.29, 1.82) is 0 Å². The smallest absolute Gasteiger partial charge is 0.237 e. The molecular weight excluding hydrogens is 428 g/mol. The van der Waals surface area contributed by atoms with Crippen molar-refractivity contribution in [3.05, 3.63) is 144 Å². The Kier molecular flexibility index (Phi) is 6.78. The summed E-state index contributed by atoms with van der Waals surface area (Å²) in [5.74, 6) is 0.172. The van der Waals surface area contributed by atoms with Crippen LogP contribution in [0, 0.1) is 0 Å². The maximum atomic E-state index is 14.1. The third-order valence-electron chi connectivity index (χ3n) is 7.33. The fraction of sp³-hybridized carbons (Fsp3) is 0.219. The first kappa shape index (κ1) is 23.1. The maximum absolute atomic E-state index is 14.1. The van der Waals surface area contributed by atoms with Crippen molar-refractivity contribution < 1.29 is 4.79 Å². The van der Waals surface area contributed by atoms with E-state index in [2.05, 4.69) is 102 Å². The van der Waals surface area contributed by atoms with Gasteiger partial charge in [-0.3, -0.25) is 9.69 Å². The molecule has 0 unspecified atom stereocenters. The van der Waals surface area contributed by atoms with Gasteiger partial charge in [-0.2, -0.15) is 0 Å². The minimum absolute atomic E-state index is 0.172. The fourth-order valence-corrected chi connectivity index (χ4v) is 5.34. The zero-order valence-electron chi connectivity index (χ0n) is 20.3. The molecule has 3 nitrogen and oxygen atoms in total. The van der Waals surface area contributed by atoms with Gasteiger partial charge in [-0.15, -0.1) is 0 Å². The van der Waals surface area contributed by atoms with Crippen LogP contribution in [0.15, 0.2) is 121 Å². The highest BCUT2D eigenvalue weighted by molar-refractivity contribution is 5.91. The van der Waals surface area contributed by atoms with E-state index in [0.717, 1.165) is 24.2 Å². The molecule has 0 bridgehead atoms. The fourth-order valence-electron chi connectivity index (χ4n) is 5.34. The number of hydrogen-bond donors (Lipinski definition) is 0. The van der Waals surface area contributed by atoms with Gasteiger partial charge in [-0.1, -0.05) is 121 Å². The van der Waals surface area contributed by atoms with Crippen molar-refractivity contribution in [3.8, 4) is 0 Å². The van der Waals surface area contributed by atoms with E-state index < -0.39 is 5.41 Å². The summed E-state index contributed by atoms with van der Waals surface area (Å²) < 4.78 is 0. The van der Waals surface area contributed by atoms with Crippen LogP contribution >= 0.6 is 0 Å². The van der Waals surface area contributed by atoms with Gasteiger partial charge >= 0.3 is 0 Å². The largest absolute Gasteiger partial charge is 0.339 e. The second-order valence-corrected chi connectivity index (χ2v) is 9.41. The molecule has 4 aromatic carbocycles. The van der Waals surface area contributed by atoms with Crippen molar-refractivity contribution in [2.45, 2.75) is 18.4 Å². The maximum Gasteiger partial charge on any atom is 0.237 e. The molecule has 4 aromatic rings. The van der Waals surface area contributed by atoms with E-state index in [1.165, 1.54) is 11.1 Å². The summed E-state index contributed by atoms with van der Waals surface area (Å²) in [7, 11) is 0. The van der Waals surface area contributed by atoms with Crippen LogP contribution in [0.4, 0.5) is 0 Å². The predicted molar refractivity (Wildman–Crippen MR) is 142 cm³/mol. The standard InChI is InChI=1S/C32H32N2O/c1-32(28-18-10-4-11-19-28,29-20-12-5-13-21-29)31(35)34-24-22-33(23-25-34)30(26-14-6-2-7-15-26)27-16-8-3-9-17-27/h2-21,30H,22-25H2,1H3. The van der Waals surface area contributed by atoms with Crippen LogP contribution in [0.5, 0.6) is 0 Å². The number of nitrogens with zero attached hydrogens (tertiary/aromatic N) is 2. The summed E-state index contributed by atoms with van der Waals surface area (Å²) >= 11 is 0. The number of carbonyl (C=O) groups excluding carboxylic acids is 1. The lowest BCUT2D eigenvalue weighted by molar-refractivity contribution is -0.137. The quantitative estimate of drug-likeness (QED) is 0.356. The molecule has 1 amide bonds. The van der Waals surface area contributed by atoms with Gasteiger partial charge in [0.05, 0.1) is 11.5 Å². The first-order valence-electron chi connectivity index (χ1n) is 12.4. The van der Waals surface area contributed by atoms with Gasteiger partial charge in [0.15, 0.2) is 0 Å². The molecule has 1 fully saturated rings. The summed E-state index contributed by atoms with van der Waals surface area (Å²) in [4.78, 5) is 18.7. The molecule has 35 heavy (non-hydrogen) atoms. The molecule has 0 radical (unpaired) electrons. The number of amides is 1. The Bertz CT molecular complexity index is 1140. The Morgan fingerprint density at radius 3 is 1.37 bits per heavy atom. The van der Waals surface area contributed by atoms with Gasteiger partial charge in [-0.25, -0.2) is 0 Å². The highest BCUT2D eigenvalue weighted by atomic mass is 16.2. The first-order valence-corrected chi connectivity index (χ1v) is 12.4. The van der Waals surface area contributed by atoms with E-state index >= 15 is 0 Å². The van der Waals surface area contributed by atoms with E-state index in [1.54, 1.807) is 0 Å². The van der Waals surface area contributed by atoms with Gasteiger partial charge < -0.3 is 4.90 Å². The summed E-state index contributed by atoms with van der Waals surface area (Å²) in [5.41, 5.74) is 3.92. The third kappa shape index (κ3) is 4.65. The molecule has 0 spiro atoms. The number of rotatable bonds is 6. The highest BCUT2D eigenvalue weighted by Gasteiger charge is 2.41. The van der Waals surface area contributed by atoms with Crippen LogP contribution in [-0.2, 0) is 10.2 Å². The van der Waals surface area contributed by atoms with E-state index in [4.69, 9.17) is 0 Å². The molecule has 0 N–H and O–H groups in total. The van der Waals surface area contributed by atoms with Crippen molar-refractivity contribution >= 4 is 5.91 Å². The van der Waals surface area contributed by atoms with Gasteiger partial charge in [-0.05, 0) is 29.2 Å². The van der Waals surface area contributed by atoms with Gasteiger partial charge in [0, 0.05) is 26.2 Å². The molecule has 1 heterocycles. The number of hydrogen-bond acceptors (Lipinski definition) is 2. The summed E-state index contributed by atoms with van der Waals surface area (Å²) in [6.07, 6.45) is 0. The van der Waals surface area contributed by atoms with Crippen LogP contribution < -0.4 is 0 Å². The van der Waals surface area contributed by atoms with Gasteiger partial charge in [0.2, 0.25) is 5.91 Å². The van der Waals surface area contributed by atoms with E-state index in [9.17, 15) is 4.79 Å². The van der Waals surface area contributed by atoms with E-state index in [0.29, 0.717) is 13.1 Å². The van der Waals surface area contributed by atoms with Crippen molar-refractivity contribution in [3.63, 3.8) is 0 Å². The second-order valence-electron chi connectivity index (χ2n) is 9.41. The second kappa shape index (κ2) is 10.3. The number of piperazine rings is 1. The Labute approximate surface area is 208 Å². The monoisotopic (exact) mass is 460 g/mol. The molecular formula is C32H32N2O. The molecule has 5 rings (SSSR count). The van der Waals surface area contributed by atoms with Crippen LogP contribution in [0.2, 0.25) is 0 Å². The highest BCUT2D eigenvalue weighted by Crippen LogP contribution is 2.35. The summed E-state index contributed by atoms with van der Waals surface area (Å²) in [6, 6.07) is 41.9. The number of benzene rings is 4. The molecule has 1 saturated heterocycles. The minimum Gasteiger partial charge on any atom is -0.339 e. The van der Waals surface area contributed by atoms with Crippen molar-refractivity contribution in [2.75, 3.05) is 26.2 Å². The van der Waals surface area contributed by atoms with Crippen LogP contribution in [0.25, 0.3) is 0 Å². The Hall–Kier alpha value is -3.69. The normalized spacial score (nSPS) is 14.7. The predicted octanol–water partition coefficient (Wildman–Crippen LogP) is 5.93. The molecule has 1 aliphatic heterocycles. The Morgan fingerprint density at radius 1 is 0.600 bits per heavy atom. The zero-order valence-corrected chi connectivity index (χ0v) is 20.3. The van der Waals surface area contributed by atoms with Gasteiger partial charge in [0.1, 0.15) is 0 Å². The van der Waals surface area contributed by atoms with Crippen molar-refractivity contribution in [1.82, 2.24) is 9.80 Å². The van der Waals surface area contributed by atoms with E-state index in [-0.39, 0.29) is 11.9 Å². The molecule has 1 aliphatic rings. The molecule has 0 atom stereocenters. The Morgan fingerprint density at radius 2 is 0.971 bits per heavy atom. The topological polar surface area (TPSA) is 23.6 Å². The van der Waals surface area contributed by atoms with Gasteiger partial charge in [0.25, 0.3) is 0 Å². The minimum atomic E-state index is -0.719. The Balaban J connectivity index is 1.40. The van der Waals surface area contributed by atoms with Crippen molar-refractivity contribution in [2.24, 2.45) is 0 Å². The summed E-state index contributed by atoms with van der Waals surface area (Å²) in [6.45, 7) is 5.16. The zero-order chi connectivity index (χ0) is 24.1. The summed E-state index contributed by atoms with van der Waals surface area (Å²) in [5, 5.41) is 0. The average Bonchev–Trinajstić information content (AvgIpc) is 2.95. The first-order chi connectivity index (χ1) is 17.2. The van der Waals surface area contributed by atoms with Crippen LogP contribution in [0.1, 0.15) is 35.2 Å². The van der Waals surface area contributed by atoms with Crippen LogP contribution in [0.3, 0.4) is 0 Å². The molecule has 176 valence electrons. The molecule has 0 saturated carbocycles. The number of carbonyl (C=O) groups is 1. The average molecular weight is 461 g/mol. The lowest BCUT2D eigenvalue weighted by atomic mass is 9.75.